The zero-order chi connectivity index (χ0) is 13.3. The van der Waals surface area contributed by atoms with Gasteiger partial charge < -0.3 is 11.1 Å². The van der Waals surface area contributed by atoms with Gasteiger partial charge in [0, 0.05) is 11.6 Å². The number of thiocarbonyl (C=S) groups is 1. The summed E-state index contributed by atoms with van der Waals surface area (Å²) in [5.41, 5.74) is 5.47. The zero-order valence-corrected chi connectivity index (χ0v) is 11.0. The highest BCUT2D eigenvalue weighted by Gasteiger charge is 2.24. The number of nitrogens with two attached hydrogens (primary N) is 1. The van der Waals surface area contributed by atoms with E-state index in [0.29, 0.717) is 5.92 Å². The number of benzene rings is 1. The second-order valence-electron chi connectivity index (χ2n) is 4.90. The summed E-state index contributed by atoms with van der Waals surface area (Å²) in [6.45, 7) is 1.93. The van der Waals surface area contributed by atoms with Gasteiger partial charge in [-0.05, 0) is 31.4 Å². The summed E-state index contributed by atoms with van der Waals surface area (Å²) in [6.07, 6.45) is 3.38. The maximum Gasteiger partial charge on any atom is 0.150 e. The van der Waals surface area contributed by atoms with Gasteiger partial charge in [-0.25, -0.2) is 8.78 Å². The lowest BCUT2D eigenvalue weighted by molar-refractivity contribution is 0.573. The fraction of sp³-hybridized carbons (Fsp3) is 0.462. The van der Waals surface area contributed by atoms with Crippen LogP contribution in [0.15, 0.2) is 12.1 Å². The van der Waals surface area contributed by atoms with Gasteiger partial charge in [0.2, 0.25) is 0 Å². The minimum atomic E-state index is -0.652. The van der Waals surface area contributed by atoms with Crippen LogP contribution in [0.2, 0.25) is 0 Å². The van der Waals surface area contributed by atoms with Crippen LogP contribution in [-0.4, -0.2) is 11.0 Å². The predicted molar refractivity (Wildman–Crippen MR) is 72.7 cm³/mol. The molecule has 0 radical (unpaired) electrons. The summed E-state index contributed by atoms with van der Waals surface area (Å²) in [5.74, 6) is -0.601. The second-order valence-corrected chi connectivity index (χ2v) is 5.34. The first-order valence-electron chi connectivity index (χ1n) is 6.02. The molecule has 1 aliphatic rings. The fourth-order valence-corrected chi connectivity index (χ4v) is 2.13. The molecule has 0 heterocycles. The molecule has 2 nitrogen and oxygen atoms in total. The van der Waals surface area contributed by atoms with Crippen LogP contribution in [0, 0.1) is 17.6 Å². The van der Waals surface area contributed by atoms with Crippen LogP contribution in [0.4, 0.5) is 14.5 Å². The molecule has 0 spiro atoms. The molecule has 0 aliphatic heterocycles. The molecular weight excluding hydrogens is 254 g/mol. The van der Waals surface area contributed by atoms with E-state index in [9.17, 15) is 8.78 Å². The first-order chi connectivity index (χ1) is 8.47. The Morgan fingerprint density at radius 3 is 2.44 bits per heavy atom. The van der Waals surface area contributed by atoms with Gasteiger partial charge in [0.25, 0.3) is 0 Å². The van der Waals surface area contributed by atoms with Crippen molar-refractivity contribution in [3.63, 3.8) is 0 Å². The lowest BCUT2D eigenvalue weighted by atomic mass is 10.1. The molecule has 18 heavy (non-hydrogen) atoms. The standard InChI is InChI=1S/C13H16F2N2S/c1-7(4-8-2-3-8)17-12-10(14)5-9(13(16)18)6-11(12)15/h5-8,17H,2-4H2,1H3,(H2,16,18). The number of hydrogen-bond acceptors (Lipinski definition) is 2. The molecule has 0 amide bonds. The summed E-state index contributed by atoms with van der Waals surface area (Å²) in [4.78, 5) is -0.00891. The minimum absolute atomic E-state index is 0.00891. The van der Waals surface area contributed by atoms with Crippen molar-refractivity contribution in [3.05, 3.63) is 29.3 Å². The quantitative estimate of drug-likeness (QED) is 0.807. The Kier molecular flexibility index (Phi) is 3.80. The molecule has 1 unspecified atom stereocenters. The molecular formula is C13H16F2N2S. The highest BCUT2D eigenvalue weighted by molar-refractivity contribution is 7.80. The van der Waals surface area contributed by atoms with Crippen LogP contribution in [0.5, 0.6) is 0 Å². The minimum Gasteiger partial charge on any atom is -0.389 e. The Hall–Kier alpha value is -1.23. The van der Waals surface area contributed by atoms with Crippen LogP contribution in [0.1, 0.15) is 31.7 Å². The smallest absolute Gasteiger partial charge is 0.150 e. The van der Waals surface area contributed by atoms with E-state index in [1.165, 1.54) is 12.8 Å². The summed E-state index contributed by atoms with van der Waals surface area (Å²) < 4.78 is 27.5. The van der Waals surface area contributed by atoms with Gasteiger partial charge in [-0.1, -0.05) is 25.1 Å². The van der Waals surface area contributed by atoms with Crippen molar-refractivity contribution < 1.29 is 8.78 Å². The van der Waals surface area contributed by atoms with Gasteiger partial charge in [-0.3, -0.25) is 0 Å². The summed E-state index contributed by atoms with van der Waals surface area (Å²) >= 11 is 4.70. The number of hydrogen-bond donors (Lipinski definition) is 2. The third kappa shape index (κ3) is 3.16. The van der Waals surface area contributed by atoms with Crippen molar-refractivity contribution in [1.82, 2.24) is 0 Å². The molecule has 0 bridgehead atoms. The number of halogens is 2. The summed E-state index contributed by atoms with van der Waals surface area (Å²) in [7, 11) is 0. The largest absolute Gasteiger partial charge is 0.389 e. The van der Waals surface area contributed by atoms with E-state index in [2.05, 4.69) is 5.32 Å². The van der Waals surface area contributed by atoms with Crippen LogP contribution in [-0.2, 0) is 0 Å². The van der Waals surface area contributed by atoms with E-state index in [1.807, 2.05) is 6.92 Å². The van der Waals surface area contributed by atoms with E-state index in [1.54, 1.807) is 0 Å². The zero-order valence-electron chi connectivity index (χ0n) is 10.2. The van der Waals surface area contributed by atoms with Gasteiger partial charge in [0.1, 0.15) is 22.3 Å². The first-order valence-corrected chi connectivity index (χ1v) is 6.43. The third-order valence-electron chi connectivity index (χ3n) is 3.10. The molecule has 0 saturated heterocycles. The summed E-state index contributed by atoms with van der Waals surface area (Å²) in [6, 6.07) is 2.38. The van der Waals surface area contributed by atoms with Crippen molar-refractivity contribution >= 4 is 22.9 Å². The lowest BCUT2D eigenvalue weighted by Gasteiger charge is -2.16. The molecule has 98 valence electrons. The van der Waals surface area contributed by atoms with Gasteiger partial charge in [-0.15, -0.1) is 0 Å². The van der Waals surface area contributed by atoms with E-state index in [0.717, 1.165) is 18.6 Å². The normalized spacial score (nSPS) is 16.4. The molecule has 3 N–H and O–H groups in total. The Bertz CT molecular complexity index is 449. The third-order valence-corrected chi connectivity index (χ3v) is 3.34. The number of rotatable bonds is 5. The molecule has 2 rings (SSSR count). The Balaban J connectivity index is 2.13. The Morgan fingerprint density at radius 2 is 2.00 bits per heavy atom. The highest BCUT2D eigenvalue weighted by atomic mass is 32.1. The molecule has 5 heteroatoms. The van der Waals surface area contributed by atoms with Gasteiger partial charge >= 0.3 is 0 Å². The van der Waals surface area contributed by atoms with Gasteiger partial charge in [0.05, 0.1) is 0 Å². The van der Waals surface area contributed by atoms with Crippen molar-refractivity contribution in [1.29, 1.82) is 0 Å². The van der Waals surface area contributed by atoms with E-state index >= 15 is 0 Å². The first kappa shape index (κ1) is 13.2. The predicted octanol–water partition coefficient (Wildman–Crippen LogP) is 3.20. The van der Waals surface area contributed by atoms with Crippen LogP contribution >= 0.6 is 12.2 Å². The van der Waals surface area contributed by atoms with Crippen LogP contribution < -0.4 is 11.1 Å². The maximum absolute atomic E-state index is 13.8. The topological polar surface area (TPSA) is 38.0 Å². The van der Waals surface area contributed by atoms with Gasteiger partial charge in [0.15, 0.2) is 0 Å². The van der Waals surface area contributed by atoms with Crippen molar-refractivity contribution in [2.75, 3.05) is 5.32 Å². The SMILES string of the molecule is CC(CC1CC1)Nc1c(F)cc(C(N)=S)cc1F. The average molecular weight is 270 g/mol. The van der Waals surface area contributed by atoms with Crippen molar-refractivity contribution in [2.45, 2.75) is 32.2 Å². The van der Waals surface area contributed by atoms with Gasteiger partial charge in [-0.2, -0.15) is 0 Å². The average Bonchev–Trinajstić information content (AvgIpc) is 3.06. The molecule has 0 aromatic heterocycles. The number of anilines is 1. The molecule has 1 aromatic carbocycles. The van der Waals surface area contributed by atoms with E-state index in [-0.39, 0.29) is 22.3 Å². The second kappa shape index (κ2) is 5.18. The van der Waals surface area contributed by atoms with E-state index < -0.39 is 11.6 Å². The number of nitrogens with one attached hydrogen (secondary N) is 1. The molecule has 1 saturated carbocycles. The van der Waals surface area contributed by atoms with Crippen LogP contribution in [0.3, 0.4) is 0 Å². The molecule has 1 aliphatic carbocycles. The molecule has 1 atom stereocenters. The van der Waals surface area contributed by atoms with E-state index in [4.69, 9.17) is 18.0 Å². The fourth-order valence-electron chi connectivity index (χ4n) is 2.01. The molecule has 1 fully saturated rings. The Morgan fingerprint density at radius 1 is 1.44 bits per heavy atom. The maximum atomic E-state index is 13.8. The Labute approximate surface area is 111 Å². The van der Waals surface area contributed by atoms with Crippen LogP contribution in [0.25, 0.3) is 0 Å². The lowest BCUT2D eigenvalue weighted by Crippen LogP contribution is -2.19. The summed E-state index contributed by atoms with van der Waals surface area (Å²) in [5, 5.41) is 2.88. The van der Waals surface area contributed by atoms with Crippen molar-refractivity contribution in [3.8, 4) is 0 Å². The highest BCUT2D eigenvalue weighted by Crippen LogP contribution is 2.34. The molecule has 1 aromatic rings. The monoisotopic (exact) mass is 270 g/mol. The van der Waals surface area contributed by atoms with Crippen molar-refractivity contribution in [2.24, 2.45) is 11.7 Å².